The first-order valence-electron chi connectivity index (χ1n) is 7.40. The van der Waals surface area contributed by atoms with Crippen molar-refractivity contribution in [3.05, 3.63) is 48.0 Å². The Morgan fingerprint density at radius 3 is 2.85 bits per heavy atom. The Bertz CT molecular complexity index is 612. The summed E-state index contributed by atoms with van der Waals surface area (Å²) in [5.41, 5.74) is 1.13. The van der Waals surface area contributed by atoms with E-state index in [9.17, 15) is 4.79 Å². The average molecular weight is 268 g/mol. The molecule has 0 spiro atoms. The van der Waals surface area contributed by atoms with Crippen LogP contribution in [0.25, 0.3) is 10.8 Å². The van der Waals surface area contributed by atoms with Crippen LogP contribution >= 0.6 is 0 Å². The summed E-state index contributed by atoms with van der Waals surface area (Å²) in [6.07, 6.45) is 2.44. The van der Waals surface area contributed by atoms with E-state index < -0.39 is 0 Å². The van der Waals surface area contributed by atoms with Gasteiger partial charge in [-0.2, -0.15) is 0 Å². The minimum atomic E-state index is 0.0824. The van der Waals surface area contributed by atoms with Crippen molar-refractivity contribution in [3.8, 4) is 0 Å². The third kappa shape index (κ3) is 2.48. The van der Waals surface area contributed by atoms with Gasteiger partial charge >= 0.3 is 0 Å². The van der Waals surface area contributed by atoms with Crippen molar-refractivity contribution in [2.75, 3.05) is 6.61 Å². The highest BCUT2D eigenvalue weighted by Gasteiger charge is 2.32. The number of hydrogen-bond acceptors (Lipinski definition) is 2. The van der Waals surface area contributed by atoms with Crippen LogP contribution in [0.4, 0.5) is 0 Å². The van der Waals surface area contributed by atoms with Crippen LogP contribution in [0.2, 0.25) is 0 Å². The largest absolute Gasteiger partial charge is 0.377 e. The molecule has 3 rings (SSSR count). The van der Waals surface area contributed by atoms with Crippen LogP contribution in [0.15, 0.2) is 42.5 Å². The van der Waals surface area contributed by atoms with Crippen molar-refractivity contribution < 1.29 is 9.53 Å². The highest BCUT2D eigenvalue weighted by atomic mass is 16.5. The van der Waals surface area contributed by atoms with Crippen molar-refractivity contribution >= 4 is 16.6 Å². The summed E-state index contributed by atoms with van der Waals surface area (Å²) < 4.78 is 5.64. The fourth-order valence-corrected chi connectivity index (χ4v) is 3.18. The maximum Gasteiger partial charge on any atom is 0.143 e. The van der Waals surface area contributed by atoms with Crippen LogP contribution in [0.5, 0.6) is 0 Å². The Morgan fingerprint density at radius 1 is 1.20 bits per heavy atom. The van der Waals surface area contributed by atoms with Gasteiger partial charge in [-0.25, -0.2) is 0 Å². The molecule has 104 valence electrons. The van der Waals surface area contributed by atoms with Crippen LogP contribution in [-0.2, 0) is 16.0 Å². The zero-order chi connectivity index (χ0) is 13.9. The summed E-state index contributed by atoms with van der Waals surface area (Å²) in [5, 5.41) is 2.39. The lowest BCUT2D eigenvalue weighted by Gasteiger charge is -2.16. The van der Waals surface area contributed by atoms with Gasteiger partial charge in [-0.15, -0.1) is 0 Å². The van der Waals surface area contributed by atoms with E-state index in [1.807, 2.05) is 18.2 Å². The van der Waals surface area contributed by atoms with Gasteiger partial charge in [-0.05, 0) is 29.2 Å². The number of carbonyl (C=O) groups excluding carboxylic acids is 1. The van der Waals surface area contributed by atoms with E-state index in [0.29, 0.717) is 12.2 Å². The SMILES string of the molecule is CCC1OCCC1C(=O)Cc1cccc2ccccc12. The van der Waals surface area contributed by atoms with E-state index in [1.54, 1.807) is 0 Å². The smallest absolute Gasteiger partial charge is 0.143 e. The number of ketones is 1. The minimum absolute atomic E-state index is 0.0824. The second-order valence-corrected chi connectivity index (χ2v) is 5.49. The van der Waals surface area contributed by atoms with E-state index in [0.717, 1.165) is 25.0 Å². The molecule has 0 bridgehead atoms. The molecule has 1 heterocycles. The number of carbonyl (C=O) groups is 1. The fraction of sp³-hybridized carbons (Fsp3) is 0.389. The molecule has 0 aromatic heterocycles. The summed E-state index contributed by atoms with van der Waals surface area (Å²) in [6.45, 7) is 2.82. The second-order valence-electron chi connectivity index (χ2n) is 5.49. The molecule has 2 aromatic rings. The first-order chi connectivity index (χ1) is 9.79. The van der Waals surface area contributed by atoms with Gasteiger partial charge in [0.05, 0.1) is 6.10 Å². The van der Waals surface area contributed by atoms with Gasteiger partial charge in [0.2, 0.25) is 0 Å². The number of Topliss-reactive ketones (excluding diaryl/α,β-unsaturated/α-hetero) is 1. The van der Waals surface area contributed by atoms with E-state index in [-0.39, 0.29) is 12.0 Å². The van der Waals surface area contributed by atoms with Crippen LogP contribution in [-0.4, -0.2) is 18.5 Å². The molecule has 0 saturated carbocycles. The molecule has 1 fully saturated rings. The number of ether oxygens (including phenoxy) is 1. The highest BCUT2D eigenvalue weighted by Crippen LogP contribution is 2.27. The molecule has 1 aliphatic heterocycles. The Balaban J connectivity index is 1.84. The molecule has 2 aromatic carbocycles. The lowest BCUT2D eigenvalue weighted by molar-refractivity contribution is -0.123. The Hall–Kier alpha value is -1.67. The Morgan fingerprint density at radius 2 is 2.00 bits per heavy atom. The predicted molar refractivity (Wildman–Crippen MR) is 80.8 cm³/mol. The van der Waals surface area contributed by atoms with Gasteiger partial charge in [0.25, 0.3) is 0 Å². The van der Waals surface area contributed by atoms with E-state index in [4.69, 9.17) is 4.74 Å². The maximum atomic E-state index is 12.5. The van der Waals surface area contributed by atoms with Gasteiger partial charge in [0.15, 0.2) is 0 Å². The molecule has 1 saturated heterocycles. The maximum absolute atomic E-state index is 12.5. The van der Waals surface area contributed by atoms with Crippen LogP contribution in [0.3, 0.4) is 0 Å². The first kappa shape index (κ1) is 13.3. The third-order valence-electron chi connectivity index (χ3n) is 4.27. The van der Waals surface area contributed by atoms with Crippen LogP contribution in [0, 0.1) is 5.92 Å². The minimum Gasteiger partial charge on any atom is -0.377 e. The second kappa shape index (κ2) is 5.76. The molecule has 1 aliphatic rings. The summed E-state index contributed by atoms with van der Waals surface area (Å²) in [4.78, 5) is 12.5. The van der Waals surface area contributed by atoms with Crippen molar-refractivity contribution in [1.29, 1.82) is 0 Å². The molecule has 0 N–H and O–H groups in total. The lowest BCUT2D eigenvalue weighted by Crippen LogP contribution is -2.25. The molecular formula is C18H20O2. The Labute approximate surface area is 119 Å². The van der Waals surface area contributed by atoms with Crippen molar-refractivity contribution in [3.63, 3.8) is 0 Å². The molecule has 2 heteroatoms. The van der Waals surface area contributed by atoms with Gasteiger partial charge in [0, 0.05) is 18.9 Å². The topological polar surface area (TPSA) is 26.3 Å². The summed E-state index contributed by atoms with van der Waals surface area (Å²) in [6, 6.07) is 14.5. The first-order valence-corrected chi connectivity index (χ1v) is 7.40. The molecule has 2 nitrogen and oxygen atoms in total. The van der Waals surface area contributed by atoms with Crippen LogP contribution < -0.4 is 0 Å². The van der Waals surface area contributed by atoms with Gasteiger partial charge in [-0.1, -0.05) is 49.4 Å². The summed E-state index contributed by atoms with van der Waals surface area (Å²) in [7, 11) is 0. The molecular weight excluding hydrogens is 248 g/mol. The number of fused-ring (bicyclic) bond motifs is 1. The molecule has 20 heavy (non-hydrogen) atoms. The van der Waals surface area contributed by atoms with Gasteiger partial charge in [-0.3, -0.25) is 4.79 Å². The lowest BCUT2D eigenvalue weighted by atomic mass is 9.89. The standard InChI is InChI=1S/C18H20O2/c1-2-18-16(10-11-20-18)17(19)12-14-8-5-7-13-6-3-4-9-15(13)14/h3-9,16,18H,2,10-12H2,1H3. The molecule has 0 radical (unpaired) electrons. The normalized spacial score (nSPS) is 22.2. The summed E-state index contributed by atoms with van der Waals surface area (Å²) >= 11 is 0. The van der Waals surface area contributed by atoms with Crippen LogP contribution in [0.1, 0.15) is 25.3 Å². The van der Waals surface area contributed by atoms with Crippen molar-refractivity contribution in [2.24, 2.45) is 5.92 Å². The zero-order valence-corrected chi connectivity index (χ0v) is 11.8. The molecule has 0 aliphatic carbocycles. The monoisotopic (exact) mass is 268 g/mol. The quantitative estimate of drug-likeness (QED) is 0.843. The van der Waals surface area contributed by atoms with Crippen molar-refractivity contribution in [2.45, 2.75) is 32.3 Å². The number of hydrogen-bond donors (Lipinski definition) is 0. The van der Waals surface area contributed by atoms with E-state index in [2.05, 4.69) is 31.2 Å². The van der Waals surface area contributed by atoms with E-state index in [1.165, 1.54) is 10.8 Å². The zero-order valence-electron chi connectivity index (χ0n) is 11.8. The predicted octanol–water partition coefficient (Wildman–Crippen LogP) is 3.77. The number of rotatable bonds is 4. The van der Waals surface area contributed by atoms with Gasteiger partial charge in [0.1, 0.15) is 5.78 Å². The van der Waals surface area contributed by atoms with Gasteiger partial charge < -0.3 is 4.74 Å². The molecule has 2 atom stereocenters. The average Bonchev–Trinajstić information content (AvgIpc) is 2.96. The summed E-state index contributed by atoms with van der Waals surface area (Å²) in [5.74, 6) is 0.407. The highest BCUT2D eigenvalue weighted by molar-refractivity contribution is 5.92. The fourth-order valence-electron chi connectivity index (χ4n) is 3.18. The molecule has 0 amide bonds. The number of benzene rings is 2. The van der Waals surface area contributed by atoms with E-state index >= 15 is 0 Å². The third-order valence-corrected chi connectivity index (χ3v) is 4.27. The van der Waals surface area contributed by atoms with Crippen molar-refractivity contribution in [1.82, 2.24) is 0 Å². The molecule has 2 unspecified atom stereocenters. The Kier molecular flexibility index (Phi) is 3.83.